The average molecular weight is 354 g/mol. The lowest BCUT2D eigenvalue weighted by Gasteiger charge is -2.20. The fraction of sp³-hybridized carbons (Fsp3) is 0.421. The SMILES string of the molecule is O=C(CN1C(=O)[C@H]2[C@H](C1=O)[C@H]1C=C[C@H]2C1)Nc1ccc2c(c1)OCCO2. The van der Waals surface area contributed by atoms with Gasteiger partial charge in [-0.2, -0.15) is 0 Å². The Balaban J connectivity index is 1.28. The van der Waals surface area contributed by atoms with Gasteiger partial charge in [-0.25, -0.2) is 0 Å². The number of likely N-dealkylation sites (tertiary alicyclic amines) is 1. The first-order valence-electron chi connectivity index (χ1n) is 8.85. The van der Waals surface area contributed by atoms with Gasteiger partial charge in [-0.15, -0.1) is 0 Å². The molecular weight excluding hydrogens is 336 g/mol. The summed E-state index contributed by atoms with van der Waals surface area (Å²) in [4.78, 5) is 38.7. The minimum absolute atomic E-state index is 0.146. The summed E-state index contributed by atoms with van der Waals surface area (Å²) in [6.45, 7) is 0.704. The van der Waals surface area contributed by atoms with Crippen LogP contribution in [0.2, 0.25) is 0 Å². The Morgan fingerprint density at radius 1 is 1.04 bits per heavy atom. The molecule has 0 radical (unpaired) electrons. The first kappa shape index (κ1) is 15.4. The number of hydrogen-bond acceptors (Lipinski definition) is 5. The second-order valence-electron chi connectivity index (χ2n) is 7.17. The third-order valence-corrected chi connectivity index (χ3v) is 5.69. The highest BCUT2D eigenvalue weighted by Gasteiger charge is 2.59. The summed E-state index contributed by atoms with van der Waals surface area (Å²) < 4.78 is 10.9. The molecule has 1 aromatic rings. The van der Waals surface area contributed by atoms with E-state index in [0.29, 0.717) is 30.4 Å². The van der Waals surface area contributed by atoms with Gasteiger partial charge in [0.25, 0.3) is 0 Å². The fourth-order valence-corrected chi connectivity index (χ4v) is 4.59. The van der Waals surface area contributed by atoms with Crippen LogP contribution >= 0.6 is 0 Å². The summed E-state index contributed by atoms with van der Waals surface area (Å²) in [7, 11) is 0. The van der Waals surface area contributed by atoms with Crippen molar-refractivity contribution in [1.29, 1.82) is 0 Å². The molecule has 2 bridgehead atoms. The quantitative estimate of drug-likeness (QED) is 0.651. The van der Waals surface area contributed by atoms with Crippen LogP contribution in [0.25, 0.3) is 0 Å². The Hall–Kier alpha value is -2.83. The van der Waals surface area contributed by atoms with Crippen molar-refractivity contribution in [3.05, 3.63) is 30.4 Å². The first-order chi connectivity index (χ1) is 12.6. The Labute approximate surface area is 149 Å². The van der Waals surface area contributed by atoms with E-state index in [0.717, 1.165) is 11.3 Å². The number of amides is 3. The molecule has 1 N–H and O–H groups in total. The van der Waals surface area contributed by atoms with Crippen LogP contribution in [0, 0.1) is 23.7 Å². The van der Waals surface area contributed by atoms with Crippen LogP contribution in [-0.2, 0) is 14.4 Å². The van der Waals surface area contributed by atoms with Crippen LogP contribution in [-0.4, -0.2) is 42.4 Å². The number of ether oxygens (including phenoxy) is 2. The molecule has 0 spiro atoms. The number of anilines is 1. The van der Waals surface area contributed by atoms with Gasteiger partial charge >= 0.3 is 0 Å². The summed E-state index contributed by atoms with van der Waals surface area (Å²) in [6, 6.07) is 5.11. The summed E-state index contributed by atoms with van der Waals surface area (Å²) >= 11 is 0. The zero-order valence-electron chi connectivity index (χ0n) is 14.0. The van der Waals surface area contributed by atoms with E-state index in [-0.39, 0.29) is 42.0 Å². The molecule has 4 aliphatic rings. The molecule has 5 rings (SSSR count). The van der Waals surface area contributed by atoms with Crippen molar-refractivity contribution < 1.29 is 23.9 Å². The third-order valence-electron chi connectivity index (χ3n) is 5.69. The zero-order valence-corrected chi connectivity index (χ0v) is 14.0. The minimum Gasteiger partial charge on any atom is -0.486 e. The third kappa shape index (κ3) is 2.23. The van der Waals surface area contributed by atoms with Crippen LogP contribution in [0.15, 0.2) is 30.4 Å². The molecule has 1 saturated carbocycles. The lowest BCUT2D eigenvalue weighted by Crippen LogP contribution is -2.39. The van der Waals surface area contributed by atoms with Gasteiger partial charge in [-0.1, -0.05) is 12.2 Å². The predicted molar refractivity (Wildman–Crippen MR) is 90.5 cm³/mol. The van der Waals surface area contributed by atoms with E-state index in [9.17, 15) is 14.4 Å². The molecule has 2 aliphatic carbocycles. The number of nitrogens with zero attached hydrogens (tertiary/aromatic N) is 1. The smallest absolute Gasteiger partial charge is 0.244 e. The molecule has 4 atom stereocenters. The molecule has 134 valence electrons. The van der Waals surface area contributed by atoms with Crippen LogP contribution in [0.4, 0.5) is 5.69 Å². The Kier molecular flexibility index (Phi) is 3.32. The van der Waals surface area contributed by atoms with Crippen molar-refractivity contribution in [1.82, 2.24) is 4.90 Å². The zero-order chi connectivity index (χ0) is 17.8. The molecule has 7 nitrogen and oxygen atoms in total. The second-order valence-corrected chi connectivity index (χ2v) is 7.17. The van der Waals surface area contributed by atoms with Crippen LogP contribution in [0.3, 0.4) is 0 Å². The van der Waals surface area contributed by atoms with Crippen LogP contribution in [0.1, 0.15) is 6.42 Å². The number of imide groups is 1. The number of nitrogens with one attached hydrogen (secondary N) is 1. The normalized spacial score (nSPS) is 30.7. The topological polar surface area (TPSA) is 84.9 Å². The fourth-order valence-electron chi connectivity index (χ4n) is 4.59. The van der Waals surface area contributed by atoms with Crippen LogP contribution in [0.5, 0.6) is 11.5 Å². The van der Waals surface area contributed by atoms with Gasteiger partial charge in [0, 0.05) is 11.8 Å². The highest BCUT2D eigenvalue weighted by atomic mass is 16.6. The first-order valence-corrected chi connectivity index (χ1v) is 8.85. The summed E-state index contributed by atoms with van der Waals surface area (Å²) in [5, 5.41) is 2.73. The van der Waals surface area contributed by atoms with Gasteiger partial charge in [0.2, 0.25) is 17.7 Å². The summed E-state index contributed by atoms with van der Waals surface area (Å²) in [5.74, 6) is 0.111. The highest BCUT2D eigenvalue weighted by Crippen LogP contribution is 2.52. The van der Waals surface area contributed by atoms with E-state index >= 15 is 0 Å². The van der Waals surface area contributed by atoms with Gasteiger partial charge in [0.15, 0.2) is 11.5 Å². The summed E-state index contributed by atoms with van der Waals surface area (Å²) in [5.41, 5.74) is 0.542. The van der Waals surface area contributed by atoms with E-state index in [2.05, 4.69) is 5.32 Å². The van der Waals surface area contributed by atoms with Gasteiger partial charge in [-0.3, -0.25) is 19.3 Å². The van der Waals surface area contributed by atoms with E-state index in [4.69, 9.17) is 9.47 Å². The maximum atomic E-state index is 12.6. The lowest BCUT2D eigenvalue weighted by atomic mass is 9.85. The molecule has 2 aliphatic heterocycles. The van der Waals surface area contributed by atoms with Gasteiger partial charge < -0.3 is 14.8 Å². The highest BCUT2D eigenvalue weighted by molar-refractivity contribution is 6.09. The number of benzene rings is 1. The van der Waals surface area contributed by atoms with Crippen molar-refractivity contribution in [3.63, 3.8) is 0 Å². The molecule has 1 saturated heterocycles. The van der Waals surface area contributed by atoms with Crippen molar-refractivity contribution in [2.45, 2.75) is 6.42 Å². The molecule has 3 amide bonds. The number of allylic oxidation sites excluding steroid dienone is 2. The van der Waals surface area contributed by atoms with E-state index in [1.165, 1.54) is 0 Å². The Morgan fingerprint density at radius 2 is 1.69 bits per heavy atom. The number of hydrogen-bond donors (Lipinski definition) is 1. The lowest BCUT2D eigenvalue weighted by molar-refractivity contribution is -0.143. The Bertz CT molecular complexity index is 818. The largest absolute Gasteiger partial charge is 0.486 e. The molecule has 0 unspecified atom stereocenters. The average Bonchev–Trinajstić information content (AvgIpc) is 3.32. The van der Waals surface area contributed by atoms with Gasteiger partial charge in [0.1, 0.15) is 19.8 Å². The number of carbonyl (C=O) groups excluding carboxylic acids is 3. The van der Waals surface area contributed by atoms with E-state index in [1.807, 2.05) is 12.2 Å². The summed E-state index contributed by atoms with van der Waals surface area (Å²) in [6.07, 6.45) is 4.95. The predicted octanol–water partition coefficient (Wildman–Crippen LogP) is 1.20. The van der Waals surface area contributed by atoms with Gasteiger partial charge in [0.05, 0.1) is 11.8 Å². The molecule has 26 heavy (non-hydrogen) atoms. The molecule has 0 aromatic heterocycles. The number of fused-ring (bicyclic) bond motifs is 6. The molecule has 2 fully saturated rings. The van der Waals surface area contributed by atoms with Crippen molar-refractivity contribution in [3.8, 4) is 11.5 Å². The maximum Gasteiger partial charge on any atom is 0.244 e. The molecule has 1 aromatic carbocycles. The molecule has 7 heteroatoms. The second kappa shape index (κ2) is 5.59. The van der Waals surface area contributed by atoms with E-state index < -0.39 is 5.91 Å². The van der Waals surface area contributed by atoms with Crippen LogP contribution < -0.4 is 14.8 Å². The molecule has 2 heterocycles. The number of rotatable bonds is 3. The van der Waals surface area contributed by atoms with Crippen molar-refractivity contribution in [2.75, 3.05) is 25.1 Å². The van der Waals surface area contributed by atoms with Gasteiger partial charge in [-0.05, 0) is 30.4 Å². The monoisotopic (exact) mass is 354 g/mol. The minimum atomic E-state index is -0.399. The standard InChI is InChI=1S/C19H18N2O5/c22-15(20-12-3-4-13-14(8-12)26-6-5-25-13)9-21-18(23)16-10-1-2-11(7-10)17(16)19(21)24/h1-4,8,10-11,16-17H,5-7,9H2,(H,20,22)/t10-,11-,16+,17+/m0/s1. The maximum absolute atomic E-state index is 12.6. The Morgan fingerprint density at radius 3 is 2.38 bits per heavy atom. The number of carbonyl (C=O) groups is 3. The van der Waals surface area contributed by atoms with Crippen molar-refractivity contribution in [2.24, 2.45) is 23.7 Å². The molecular formula is C19H18N2O5. The van der Waals surface area contributed by atoms with Crippen molar-refractivity contribution >= 4 is 23.4 Å². The van der Waals surface area contributed by atoms with E-state index in [1.54, 1.807) is 18.2 Å².